The summed E-state index contributed by atoms with van der Waals surface area (Å²) in [6, 6.07) is 4.01. The maximum Gasteiger partial charge on any atom is 0.147 e. The molecule has 1 N–H and O–H groups in total. The highest BCUT2D eigenvalue weighted by atomic mass is 32.2. The van der Waals surface area contributed by atoms with Crippen LogP contribution in [0.1, 0.15) is 43.7 Å². The first-order valence-electron chi connectivity index (χ1n) is 6.40. The third kappa shape index (κ3) is 5.69. The van der Waals surface area contributed by atoms with Gasteiger partial charge >= 0.3 is 0 Å². The van der Waals surface area contributed by atoms with E-state index in [1.54, 1.807) is 0 Å². The average Bonchev–Trinajstić information content (AvgIpc) is 2.68. The van der Waals surface area contributed by atoms with Gasteiger partial charge in [-0.25, -0.2) is 8.42 Å². The van der Waals surface area contributed by atoms with E-state index < -0.39 is 9.84 Å². The van der Waals surface area contributed by atoms with Gasteiger partial charge in [0.1, 0.15) is 21.4 Å². The Balaban J connectivity index is 2.56. The van der Waals surface area contributed by atoms with Gasteiger partial charge in [0, 0.05) is 12.0 Å². The second-order valence-electron chi connectivity index (χ2n) is 4.73. The van der Waals surface area contributed by atoms with Crippen molar-refractivity contribution in [1.29, 1.82) is 0 Å². The first kappa shape index (κ1) is 15.2. The molecule has 5 heteroatoms. The number of rotatable bonds is 8. The minimum absolute atomic E-state index is 0.111. The lowest BCUT2D eigenvalue weighted by atomic mass is 10.1. The molecule has 1 unspecified atom stereocenters. The van der Waals surface area contributed by atoms with E-state index in [1.165, 1.54) is 6.26 Å². The minimum Gasteiger partial charge on any atom is -0.465 e. The Morgan fingerprint density at radius 1 is 1.39 bits per heavy atom. The van der Waals surface area contributed by atoms with E-state index in [9.17, 15) is 8.42 Å². The maximum atomic E-state index is 11.1. The Labute approximate surface area is 110 Å². The lowest BCUT2D eigenvalue weighted by molar-refractivity contribution is 0.383. The zero-order chi connectivity index (χ0) is 13.6. The van der Waals surface area contributed by atoms with Crippen LogP contribution < -0.4 is 5.32 Å². The van der Waals surface area contributed by atoms with Crippen LogP contribution in [0.5, 0.6) is 0 Å². The molecule has 0 radical (unpaired) electrons. The molecule has 4 nitrogen and oxygen atoms in total. The van der Waals surface area contributed by atoms with Crippen LogP contribution in [-0.4, -0.2) is 27.0 Å². The Morgan fingerprint density at radius 2 is 2.11 bits per heavy atom. The number of sulfone groups is 1. The zero-order valence-electron chi connectivity index (χ0n) is 11.4. The molecule has 0 aliphatic carbocycles. The average molecular weight is 273 g/mol. The summed E-state index contributed by atoms with van der Waals surface area (Å²) in [6.45, 7) is 4.92. The van der Waals surface area contributed by atoms with E-state index in [1.807, 2.05) is 19.1 Å². The first-order chi connectivity index (χ1) is 8.42. The van der Waals surface area contributed by atoms with Crippen molar-refractivity contribution in [2.45, 2.75) is 39.2 Å². The highest BCUT2D eigenvalue weighted by Crippen LogP contribution is 2.21. The van der Waals surface area contributed by atoms with Gasteiger partial charge in [0.05, 0.1) is 6.04 Å². The van der Waals surface area contributed by atoms with Crippen molar-refractivity contribution in [2.24, 2.45) is 0 Å². The van der Waals surface area contributed by atoms with Crippen molar-refractivity contribution in [3.05, 3.63) is 23.7 Å². The summed E-state index contributed by atoms with van der Waals surface area (Å²) >= 11 is 0. The summed E-state index contributed by atoms with van der Waals surface area (Å²) in [4.78, 5) is 0. The molecule has 0 amide bonds. The van der Waals surface area contributed by atoms with Crippen LogP contribution in [-0.2, 0) is 9.84 Å². The molecule has 0 saturated carbocycles. The Morgan fingerprint density at radius 3 is 2.61 bits per heavy atom. The van der Waals surface area contributed by atoms with Gasteiger partial charge in [0.25, 0.3) is 0 Å². The molecule has 1 rings (SSSR count). The van der Waals surface area contributed by atoms with E-state index in [4.69, 9.17) is 4.42 Å². The topological polar surface area (TPSA) is 59.3 Å². The fourth-order valence-corrected chi connectivity index (χ4v) is 2.54. The van der Waals surface area contributed by atoms with Crippen molar-refractivity contribution in [2.75, 3.05) is 18.6 Å². The number of furan rings is 1. The van der Waals surface area contributed by atoms with Gasteiger partial charge in [-0.2, -0.15) is 0 Å². The highest BCUT2D eigenvalue weighted by molar-refractivity contribution is 7.90. The fraction of sp³-hybridized carbons (Fsp3) is 0.692. The van der Waals surface area contributed by atoms with E-state index in [0.717, 1.165) is 30.9 Å². The summed E-state index contributed by atoms with van der Waals surface area (Å²) in [5, 5.41) is 3.40. The zero-order valence-corrected chi connectivity index (χ0v) is 12.2. The van der Waals surface area contributed by atoms with Gasteiger partial charge in [0.2, 0.25) is 0 Å². The summed E-state index contributed by atoms with van der Waals surface area (Å²) in [5.74, 6) is 2.02. The standard InChI is InChI=1S/C13H23NO3S/c1-4-9-14-12(6-5-10-18(3,15)16)13-8-7-11(2)17-13/h7-8,12,14H,4-6,9-10H2,1-3H3. The minimum atomic E-state index is -2.88. The molecular weight excluding hydrogens is 250 g/mol. The molecule has 104 valence electrons. The van der Waals surface area contributed by atoms with Gasteiger partial charge in [0.15, 0.2) is 0 Å². The molecule has 0 aliphatic heterocycles. The molecule has 0 saturated heterocycles. The molecule has 0 bridgehead atoms. The van der Waals surface area contributed by atoms with Crippen LogP contribution in [0, 0.1) is 6.92 Å². The molecule has 0 spiro atoms. The van der Waals surface area contributed by atoms with Gasteiger partial charge in [-0.15, -0.1) is 0 Å². The maximum absolute atomic E-state index is 11.1. The normalized spacial score (nSPS) is 13.7. The molecule has 0 fully saturated rings. The Kier molecular flexibility index (Phi) is 5.88. The summed E-state index contributed by atoms with van der Waals surface area (Å²) in [7, 11) is -2.88. The summed E-state index contributed by atoms with van der Waals surface area (Å²) in [6.07, 6.45) is 3.75. The van der Waals surface area contributed by atoms with Crippen LogP contribution in [0.15, 0.2) is 16.5 Å². The van der Waals surface area contributed by atoms with Crippen LogP contribution in [0.2, 0.25) is 0 Å². The largest absolute Gasteiger partial charge is 0.465 e. The molecule has 1 heterocycles. The molecule has 1 aromatic heterocycles. The number of nitrogens with one attached hydrogen (secondary N) is 1. The van der Waals surface area contributed by atoms with E-state index >= 15 is 0 Å². The predicted octanol–water partition coefficient (Wildman–Crippen LogP) is 2.45. The quantitative estimate of drug-likeness (QED) is 0.790. The second kappa shape index (κ2) is 6.95. The van der Waals surface area contributed by atoms with Gasteiger partial charge in [-0.3, -0.25) is 0 Å². The van der Waals surface area contributed by atoms with E-state index in [-0.39, 0.29) is 11.8 Å². The SMILES string of the molecule is CCCNC(CCCS(C)(=O)=O)c1ccc(C)o1. The van der Waals surface area contributed by atoms with Crippen LogP contribution in [0.4, 0.5) is 0 Å². The van der Waals surface area contributed by atoms with E-state index in [2.05, 4.69) is 12.2 Å². The molecule has 1 aromatic rings. The molecule has 0 aliphatic rings. The fourth-order valence-electron chi connectivity index (χ4n) is 1.85. The third-order valence-corrected chi connectivity index (χ3v) is 3.78. The van der Waals surface area contributed by atoms with Crippen molar-refractivity contribution >= 4 is 9.84 Å². The van der Waals surface area contributed by atoms with Crippen molar-refractivity contribution in [3.8, 4) is 0 Å². The van der Waals surface area contributed by atoms with Crippen molar-refractivity contribution in [1.82, 2.24) is 5.32 Å². The Bertz CT molecular complexity index is 451. The lowest BCUT2D eigenvalue weighted by Crippen LogP contribution is -2.22. The predicted molar refractivity (Wildman–Crippen MR) is 73.4 cm³/mol. The number of aryl methyl sites for hydroxylation is 1. The lowest BCUT2D eigenvalue weighted by Gasteiger charge is -2.15. The molecule has 0 aromatic carbocycles. The van der Waals surface area contributed by atoms with E-state index in [0.29, 0.717) is 6.42 Å². The molecular formula is C13H23NO3S. The van der Waals surface area contributed by atoms with Crippen LogP contribution >= 0.6 is 0 Å². The van der Waals surface area contributed by atoms with Gasteiger partial charge < -0.3 is 9.73 Å². The third-order valence-electron chi connectivity index (χ3n) is 2.75. The number of hydrogen-bond acceptors (Lipinski definition) is 4. The van der Waals surface area contributed by atoms with Gasteiger partial charge in [-0.1, -0.05) is 6.92 Å². The summed E-state index contributed by atoms with van der Waals surface area (Å²) < 4.78 is 27.9. The highest BCUT2D eigenvalue weighted by Gasteiger charge is 2.15. The molecule has 18 heavy (non-hydrogen) atoms. The summed E-state index contributed by atoms with van der Waals surface area (Å²) in [5.41, 5.74) is 0. The van der Waals surface area contributed by atoms with Crippen LogP contribution in [0.25, 0.3) is 0 Å². The van der Waals surface area contributed by atoms with Crippen molar-refractivity contribution < 1.29 is 12.8 Å². The Hall–Kier alpha value is -0.810. The number of hydrogen-bond donors (Lipinski definition) is 1. The molecule has 1 atom stereocenters. The van der Waals surface area contributed by atoms with Gasteiger partial charge in [-0.05, 0) is 44.9 Å². The second-order valence-corrected chi connectivity index (χ2v) is 6.99. The smallest absolute Gasteiger partial charge is 0.147 e. The first-order valence-corrected chi connectivity index (χ1v) is 8.46. The van der Waals surface area contributed by atoms with Crippen LogP contribution in [0.3, 0.4) is 0 Å². The monoisotopic (exact) mass is 273 g/mol. The van der Waals surface area contributed by atoms with Crippen molar-refractivity contribution in [3.63, 3.8) is 0 Å².